The number of nitrogens with zero attached hydrogens (tertiary/aromatic N) is 1. The van der Waals surface area contributed by atoms with Crippen molar-refractivity contribution in [2.75, 3.05) is 13.1 Å². The Balaban J connectivity index is 1.91. The van der Waals surface area contributed by atoms with Crippen LogP contribution >= 0.6 is 0 Å². The molecule has 1 N–H and O–H groups in total. The number of carbonyl (C=O) groups is 1. The first-order chi connectivity index (χ1) is 4.74. The van der Waals surface area contributed by atoms with E-state index in [9.17, 15) is 9.90 Å². The van der Waals surface area contributed by atoms with Gasteiger partial charge < -0.3 is 10.0 Å². The van der Waals surface area contributed by atoms with Crippen LogP contribution in [0, 0.1) is 5.92 Å². The molecule has 3 heteroatoms. The van der Waals surface area contributed by atoms with Gasteiger partial charge in [0.25, 0.3) is 0 Å². The molecule has 1 saturated carbocycles. The third kappa shape index (κ3) is 0.736. The SMILES string of the molecule is O=CN1CC(O)(C2CC2)C1. The van der Waals surface area contributed by atoms with Crippen LogP contribution in [0.25, 0.3) is 0 Å². The summed E-state index contributed by atoms with van der Waals surface area (Å²) in [6, 6.07) is 0. The van der Waals surface area contributed by atoms with Gasteiger partial charge in [0.2, 0.25) is 6.41 Å². The topological polar surface area (TPSA) is 40.5 Å². The van der Waals surface area contributed by atoms with E-state index < -0.39 is 5.60 Å². The monoisotopic (exact) mass is 141 g/mol. The van der Waals surface area contributed by atoms with Gasteiger partial charge in [-0.1, -0.05) is 0 Å². The number of rotatable bonds is 2. The van der Waals surface area contributed by atoms with Gasteiger partial charge in [-0.05, 0) is 18.8 Å². The lowest BCUT2D eigenvalue weighted by Crippen LogP contribution is -2.62. The molecule has 0 aromatic rings. The molecule has 0 atom stereocenters. The maximum absolute atomic E-state index is 10.1. The predicted molar refractivity (Wildman–Crippen MR) is 35.3 cm³/mol. The fourth-order valence-corrected chi connectivity index (χ4v) is 1.61. The van der Waals surface area contributed by atoms with Crippen molar-refractivity contribution >= 4 is 6.41 Å². The minimum Gasteiger partial charge on any atom is -0.386 e. The number of hydrogen-bond donors (Lipinski definition) is 1. The van der Waals surface area contributed by atoms with E-state index in [-0.39, 0.29) is 0 Å². The minimum atomic E-state index is -0.499. The molecule has 2 aliphatic rings. The van der Waals surface area contributed by atoms with E-state index in [1.807, 2.05) is 0 Å². The van der Waals surface area contributed by atoms with E-state index >= 15 is 0 Å². The largest absolute Gasteiger partial charge is 0.386 e. The number of aliphatic hydroxyl groups is 1. The summed E-state index contributed by atoms with van der Waals surface area (Å²) in [6.07, 6.45) is 3.09. The summed E-state index contributed by atoms with van der Waals surface area (Å²) < 4.78 is 0. The number of β-amino-alcohol motifs (C(OH)–C–C–N with tert-alkyl or cyclic N) is 1. The van der Waals surface area contributed by atoms with Crippen LogP contribution in [0.5, 0.6) is 0 Å². The van der Waals surface area contributed by atoms with E-state index in [1.54, 1.807) is 4.90 Å². The maximum atomic E-state index is 10.1. The Bertz CT molecular complexity index is 159. The van der Waals surface area contributed by atoms with Crippen LogP contribution in [-0.2, 0) is 4.79 Å². The molecule has 2 fully saturated rings. The number of likely N-dealkylation sites (tertiary alicyclic amines) is 1. The van der Waals surface area contributed by atoms with Gasteiger partial charge in [0.05, 0.1) is 13.1 Å². The van der Waals surface area contributed by atoms with Crippen molar-refractivity contribution in [2.24, 2.45) is 5.92 Å². The van der Waals surface area contributed by atoms with Gasteiger partial charge in [-0.15, -0.1) is 0 Å². The molecule has 0 radical (unpaired) electrons. The van der Waals surface area contributed by atoms with Crippen molar-refractivity contribution in [1.82, 2.24) is 4.90 Å². The molecule has 1 amide bonds. The summed E-state index contributed by atoms with van der Waals surface area (Å²) in [4.78, 5) is 11.7. The van der Waals surface area contributed by atoms with Crippen LogP contribution in [-0.4, -0.2) is 35.1 Å². The molecule has 2 rings (SSSR count). The third-order valence-electron chi connectivity index (χ3n) is 2.44. The molecule has 0 bridgehead atoms. The number of amides is 1. The molecule has 1 heterocycles. The van der Waals surface area contributed by atoms with E-state index in [1.165, 1.54) is 0 Å². The minimum absolute atomic E-state index is 0.490. The Labute approximate surface area is 59.6 Å². The molecule has 1 aliphatic heterocycles. The lowest BCUT2D eigenvalue weighted by atomic mass is 9.89. The van der Waals surface area contributed by atoms with Crippen molar-refractivity contribution in [3.63, 3.8) is 0 Å². The third-order valence-corrected chi connectivity index (χ3v) is 2.44. The fraction of sp³-hybridized carbons (Fsp3) is 0.857. The van der Waals surface area contributed by atoms with Crippen LogP contribution in [0.4, 0.5) is 0 Å². The van der Waals surface area contributed by atoms with Crippen molar-refractivity contribution in [1.29, 1.82) is 0 Å². The molecular weight excluding hydrogens is 130 g/mol. The lowest BCUT2D eigenvalue weighted by molar-refractivity contribution is -0.146. The second kappa shape index (κ2) is 1.72. The summed E-state index contributed by atoms with van der Waals surface area (Å²) in [5.74, 6) is 0.490. The Morgan fingerprint density at radius 2 is 2.10 bits per heavy atom. The lowest BCUT2D eigenvalue weighted by Gasteiger charge is -2.44. The molecule has 56 valence electrons. The quantitative estimate of drug-likeness (QED) is 0.531. The van der Waals surface area contributed by atoms with E-state index in [4.69, 9.17) is 0 Å². The first kappa shape index (κ1) is 6.16. The van der Waals surface area contributed by atoms with Crippen LogP contribution in [0.3, 0.4) is 0 Å². The molecule has 0 spiro atoms. The molecule has 0 unspecified atom stereocenters. The van der Waals surface area contributed by atoms with Crippen LogP contribution in [0.2, 0.25) is 0 Å². The second-order valence-electron chi connectivity index (χ2n) is 3.39. The average Bonchev–Trinajstić information content (AvgIpc) is 2.61. The molecule has 10 heavy (non-hydrogen) atoms. The van der Waals surface area contributed by atoms with Gasteiger partial charge >= 0.3 is 0 Å². The normalized spacial score (nSPS) is 29.5. The summed E-state index contributed by atoms with van der Waals surface area (Å²) in [6.45, 7) is 1.11. The molecule has 0 aromatic heterocycles. The highest BCUT2D eigenvalue weighted by Gasteiger charge is 2.51. The van der Waals surface area contributed by atoms with Crippen molar-refractivity contribution < 1.29 is 9.90 Å². The van der Waals surface area contributed by atoms with Gasteiger partial charge in [-0.2, -0.15) is 0 Å². The maximum Gasteiger partial charge on any atom is 0.209 e. The smallest absolute Gasteiger partial charge is 0.209 e. The van der Waals surface area contributed by atoms with Crippen molar-refractivity contribution in [3.05, 3.63) is 0 Å². The second-order valence-corrected chi connectivity index (χ2v) is 3.39. The Kier molecular flexibility index (Phi) is 1.06. The zero-order chi connectivity index (χ0) is 7.19. The van der Waals surface area contributed by atoms with Gasteiger partial charge in [0.15, 0.2) is 0 Å². The number of hydrogen-bond acceptors (Lipinski definition) is 2. The van der Waals surface area contributed by atoms with Crippen LogP contribution < -0.4 is 0 Å². The molecule has 1 saturated heterocycles. The van der Waals surface area contributed by atoms with Crippen LogP contribution in [0.15, 0.2) is 0 Å². The van der Waals surface area contributed by atoms with Gasteiger partial charge in [-0.25, -0.2) is 0 Å². The van der Waals surface area contributed by atoms with Crippen molar-refractivity contribution in [2.45, 2.75) is 18.4 Å². The summed E-state index contributed by atoms with van der Waals surface area (Å²) >= 11 is 0. The van der Waals surface area contributed by atoms with E-state index in [0.29, 0.717) is 19.0 Å². The first-order valence-electron chi connectivity index (χ1n) is 3.66. The fourth-order valence-electron chi connectivity index (χ4n) is 1.61. The number of carbonyl (C=O) groups excluding carboxylic acids is 1. The standard InChI is InChI=1S/C7H11NO2/c9-5-8-3-7(10,4-8)6-1-2-6/h5-6,10H,1-4H2. The molecule has 0 aromatic carbocycles. The highest BCUT2D eigenvalue weighted by molar-refractivity contribution is 5.50. The summed E-state index contributed by atoms with van der Waals surface area (Å²) in [5.41, 5.74) is -0.499. The highest BCUT2D eigenvalue weighted by Crippen LogP contribution is 2.43. The van der Waals surface area contributed by atoms with E-state index in [0.717, 1.165) is 19.3 Å². The van der Waals surface area contributed by atoms with E-state index in [2.05, 4.69) is 0 Å². The summed E-state index contributed by atoms with van der Waals surface area (Å²) in [5, 5.41) is 9.65. The molecule has 1 aliphatic carbocycles. The first-order valence-corrected chi connectivity index (χ1v) is 3.66. The zero-order valence-electron chi connectivity index (χ0n) is 5.79. The summed E-state index contributed by atoms with van der Waals surface area (Å²) in [7, 11) is 0. The van der Waals surface area contributed by atoms with Gasteiger partial charge in [0, 0.05) is 0 Å². The van der Waals surface area contributed by atoms with Gasteiger partial charge in [-0.3, -0.25) is 4.79 Å². The predicted octanol–water partition coefficient (Wildman–Crippen LogP) is -0.401. The zero-order valence-corrected chi connectivity index (χ0v) is 5.79. The Hall–Kier alpha value is -0.570. The van der Waals surface area contributed by atoms with Gasteiger partial charge in [0.1, 0.15) is 5.60 Å². The van der Waals surface area contributed by atoms with Crippen LogP contribution in [0.1, 0.15) is 12.8 Å². The average molecular weight is 141 g/mol. The Morgan fingerprint density at radius 1 is 1.50 bits per heavy atom. The molecule has 3 nitrogen and oxygen atoms in total. The molecular formula is C7H11NO2. The Morgan fingerprint density at radius 3 is 2.50 bits per heavy atom. The highest BCUT2D eigenvalue weighted by atomic mass is 16.3. The van der Waals surface area contributed by atoms with Crippen molar-refractivity contribution in [3.8, 4) is 0 Å².